The van der Waals surface area contributed by atoms with E-state index >= 15 is 0 Å². The van der Waals surface area contributed by atoms with Crippen LogP contribution in [0.3, 0.4) is 0 Å². The number of hydrogen-bond donors (Lipinski definition) is 0. The van der Waals surface area contributed by atoms with Crippen LogP contribution in [0, 0.1) is 0 Å². The molecular weight excluding hydrogens is 567 g/mol. The van der Waals surface area contributed by atoms with Crippen LogP contribution in [0.2, 0.25) is 18.1 Å². The predicted molar refractivity (Wildman–Crippen MR) is 164 cm³/mol. The fourth-order valence-electron chi connectivity index (χ4n) is 4.47. The maximum atomic E-state index is 6.71. The first-order valence-corrected chi connectivity index (χ1v) is 18.1. The summed E-state index contributed by atoms with van der Waals surface area (Å²) in [5.41, 5.74) is 1.26. The average Bonchev–Trinajstić information content (AvgIpc) is 2.89. The lowest BCUT2D eigenvalue weighted by Crippen LogP contribution is -3.00. The molecule has 0 atom stereocenters. The Morgan fingerprint density at radius 2 is 1.11 bits per heavy atom. The molecule has 0 radical (unpaired) electrons. The number of hydrogen-bond acceptors (Lipinski definition) is 2. The summed E-state index contributed by atoms with van der Waals surface area (Å²) >= 11 is 0. The first-order chi connectivity index (χ1) is 17.7. The molecule has 0 aromatic heterocycles. The summed E-state index contributed by atoms with van der Waals surface area (Å²) < 4.78 is 12.9. The molecule has 4 aromatic carbocycles. The summed E-state index contributed by atoms with van der Waals surface area (Å²) in [7, 11) is -3.99. The van der Waals surface area contributed by atoms with E-state index in [0.29, 0.717) is 6.61 Å². The van der Waals surface area contributed by atoms with Crippen molar-refractivity contribution in [3.8, 4) is 11.5 Å². The van der Waals surface area contributed by atoms with Gasteiger partial charge in [0, 0.05) is 0 Å². The van der Waals surface area contributed by atoms with Crippen LogP contribution in [0.1, 0.15) is 33.3 Å². The predicted octanol–water partition coefficient (Wildman–Crippen LogP) is 4.97. The summed E-state index contributed by atoms with van der Waals surface area (Å²) in [6, 6.07) is 39.7. The van der Waals surface area contributed by atoms with Crippen molar-refractivity contribution in [3.63, 3.8) is 0 Å². The molecule has 4 aromatic rings. The monoisotopic (exact) mass is 606 g/mol. The topological polar surface area (TPSA) is 18.5 Å². The highest BCUT2D eigenvalue weighted by molar-refractivity contribution is 7.95. The van der Waals surface area contributed by atoms with Crippen LogP contribution in [-0.2, 0) is 6.16 Å². The van der Waals surface area contributed by atoms with Crippen molar-refractivity contribution < 1.29 is 26.1 Å². The van der Waals surface area contributed by atoms with Crippen LogP contribution in [0.15, 0.2) is 109 Å². The minimum Gasteiger partial charge on any atom is -1.00 e. The van der Waals surface area contributed by atoms with Gasteiger partial charge in [0.05, 0.1) is 12.8 Å². The summed E-state index contributed by atoms with van der Waals surface area (Å²) in [6.45, 7) is 14.0. The van der Waals surface area contributed by atoms with Crippen LogP contribution in [0.5, 0.6) is 11.5 Å². The molecule has 0 amide bonds. The standard InChI is InChI=1S/C33H40O2PSi.BrH/c1-7-34-32-25-27(23-24-31(32)35-37(5,6)33(2,3)4)26-36(28-17-11-8-12-18-28,29-19-13-9-14-20-29)30-21-15-10-16-22-30;/h8-25H,7,26H2,1-6H3;1H/q+1;/p-1. The molecule has 0 aliphatic rings. The minimum absolute atomic E-state index is 0. The van der Waals surface area contributed by atoms with Gasteiger partial charge in [0.25, 0.3) is 8.32 Å². The third-order valence-corrected chi connectivity index (χ3v) is 16.2. The Morgan fingerprint density at radius 1 is 0.658 bits per heavy atom. The molecule has 200 valence electrons. The molecule has 0 N–H and O–H groups in total. The number of ether oxygens (including phenoxy) is 1. The lowest BCUT2D eigenvalue weighted by molar-refractivity contribution is -0.00000884. The van der Waals surface area contributed by atoms with Crippen LogP contribution in [-0.4, -0.2) is 14.9 Å². The summed E-state index contributed by atoms with van der Waals surface area (Å²) in [5.74, 6) is 1.71. The van der Waals surface area contributed by atoms with E-state index in [1.807, 2.05) is 6.92 Å². The van der Waals surface area contributed by atoms with Gasteiger partial charge in [0.1, 0.15) is 28.9 Å². The van der Waals surface area contributed by atoms with Crippen molar-refractivity contribution in [1.29, 1.82) is 0 Å². The van der Waals surface area contributed by atoms with E-state index < -0.39 is 15.6 Å². The Balaban J connectivity index is 0.00000400. The summed E-state index contributed by atoms with van der Waals surface area (Å²) in [6.07, 6.45) is 0.908. The smallest absolute Gasteiger partial charge is 0.250 e. The SMILES string of the molecule is CCOc1cc(C[P+](c2ccccc2)(c2ccccc2)c2ccccc2)ccc1O[Si](C)(C)C(C)(C)C.[Br-]. The highest BCUT2D eigenvalue weighted by atomic mass is 79.9. The Morgan fingerprint density at radius 3 is 1.50 bits per heavy atom. The number of rotatable bonds is 9. The second-order valence-corrected chi connectivity index (χ2v) is 19.3. The zero-order valence-corrected chi connectivity index (χ0v) is 26.9. The third kappa shape index (κ3) is 6.42. The van der Waals surface area contributed by atoms with Crippen LogP contribution < -0.4 is 42.1 Å². The third-order valence-electron chi connectivity index (χ3n) is 7.49. The first kappa shape index (κ1) is 30.2. The molecule has 0 bridgehead atoms. The second-order valence-electron chi connectivity index (χ2n) is 11.1. The van der Waals surface area contributed by atoms with Gasteiger partial charge in [-0.3, -0.25) is 0 Å². The summed E-state index contributed by atoms with van der Waals surface area (Å²) in [5, 5.41) is 4.26. The van der Waals surface area contributed by atoms with Gasteiger partial charge in [-0.2, -0.15) is 0 Å². The molecule has 0 saturated carbocycles. The van der Waals surface area contributed by atoms with E-state index in [-0.39, 0.29) is 22.0 Å². The van der Waals surface area contributed by atoms with Crippen LogP contribution in [0.25, 0.3) is 0 Å². The van der Waals surface area contributed by atoms with Gasteiger partial charge < -0.3 is 26.1 Å². The fraction of sp³-hybridized carbons (Fsp3) is 0.273. The van der Waals surface area contributed by atoms with Crippen molar-refractivity contribution in [1.82, 2.24) is 0 Å². The Kier molecular flexibility index (Phi) is 10.0. The van der Waals surface area contributed by atoms with Crippen molar-refractivity contribution >= 4 is 31.5 Å². The van der Waals surface area contributed by atoms with Crippen molar-refractivity contribution in [2.45, 2.75) is 52.0 Å². The molecule has 0 spiro atoms. The molecule has 0 heterocycles. The Labute approximate surface area is 241 Å². The molecular formula is C33H40BrO2PSi. The number of benzene rings is 4. The fourth-order valence-corrected chi connectivity index (χ4v) is 9.73. The highest BCUT2D eigenvalue weighted by Crippen LogP contribution is 2.58. The van der Waals surface area contributed by atoms with E-state index in [4.69, 9.17) is 9.16 Å². The maximum absolute atomic E-state index is 6.71. The normalized spacial score (nSPS) is 11.9. The molecule has 0 saturated heterocycles. The lowest BCUT2D eigenvalue weighted by atomic mass is 10.2. The van der Waals surface area contributed by atoms with Crippen molar-refractivity contribution in [2.24, 2.45) is 0 Å². The molecule has 5 heteroatoms. The highest BCUT2D eigenvalue weighted by Gasteiger charge is 2.45. The Hall–Kier alpha value is -2.39. The number of halogens is 1. The lowest BCUT2D eigenvalue weighted by Gasteiger charge is -2.37. The van der Waals surface area contributed by atoms with E-state index in [0.717, 1.165) is 17.7 Å². The van der Waals surface area contributed by atoms with Crippen LogP contribution >= 0.6 is 7.26 Å². The van der Waals surface area contributed by atoms with Gasteiger partial charge in [0.2, 0.25) is 0 Å². The zero-order valence-electron chi connectivity index (χ0n) is 23.4. The van der Waals surface area contributed by atoms with Crippen molar-refractivity contribution in [3.05, 3.63) is 115 Å². The average molecular weight is 608 g/mol. The molecule has 0 aliphatic heterocycles. The molecule has 0 aliphatic carbocycles. The van der Waals surface area contributed by atoms with E-state index in [2.05, 4.69) is 143 Å². The molecule has 0 unspecified atom stereocenters. The largest absolute Gasteiger partial charge is 1.00 e. The van der Waals surface area contributed by atoms with E-state index in [9.17, 15) is 0 Å². The molecule has 2 nitrogen and oxygen atoms in total. The summed E-state index contributed by atoms with van der Waals surface area (Å²) in [4.78, 5) is 0. The van der Waals surface area contributed by atoms with Gasteiger partial charge in [-0.15, -0.1) is 0 Å². The quantitative estimate of drug-likeness (QED) is 0.198. The van der Waals surface area contributed by atoms with Gasteiger partial charge in [-0.25, -0.2) is 0 Å². The van der Waals surface area contributed by atoms with Gasteiger partial charge in [-0.1, -0.05) is 81.4 Å². The second kappa shape index (κ2) is 12.6. The van der Waals surface area contributed by atoms with Gasteiger partial charge in [-0.05, 0) is 79.2 Å². The molecule has 0 fully saturated rings. The zero-order chi connectivity index (χ0) is 26.5. The van der Waals surface area contributed by atoms with E-state index in [1.165, 1.54) is 21.5 Å². The molecule has 38 heavy (non-hydrogen) atoms. The van der Waals surface area contributed by atoms with Gasteiger partial charge >= 0.3 is 0 Å². The van der Waals surface area contributed by atoms with Crippen molar-refractivity contribution in [2.75, 3.05) is 6.61 Å². The van der Waals surface area contributed by atoms with Crippen LogP contribution in [0.4, 0.5) is 0 Å². The Bertz CT molecular complexity index is 1190. The maximum Gasteiger partial charge on any atom is 0.250 e. The van der Waals surface area contributed by atoms with Gasteiger partial charge in [0.15, 0.2) is 5.75 Å². The minimum atomic E-state index is -2.00. The first-order valence-electron chi connectivity index (χ1n) is 13.2. The van der Waals surface area contributed by atoms with E-state index in [1.54, 1.807) is 0 Å². The molecule has 4 rings (SSSR count).